The molecule has 0 spiro atoms. The van der Waals surface area contributed by atoms with Crippen molar-refractivity contribution in [2.45, 2.75) is 71.0 Å². The lowest BCUT2D eigenvalue weighted by Crippen LogP contribution is -2.58. The topological polar surface area (TPSA) is 33.1 Å². The molecule has 0 radical (unpaired) electrons. The zero-order valence-corrected chi connectivity index (χ0v) is 14.2. The van der Waals surface area contributed by atoms with Crippen LogP contribution >= 0.6 is 0 Å². The molecule has 0 aliphatic carbocycles. The second kappa shape index (κ2) is 7.41. The molecular formula is C17H32N4. The highest BCUT2D eigenvalue weighted by atomic mass is 15.3. The van der Waals surface area contributed by atoms with Crippen molar-refractivity contribution in [2.75, 3.05) is 20.1 Å². The van der Waals surface area contributed by atoms with Crippen molar-refractivity contribution in [1.82, 2.24) is 20.0 Å². The lowest BCUT2D eigenvalue weighted by Gasteiger charge is -2.44. The Kier molecular flexibility index (Phi) is 5.82. The summed E-state index contributed by atoms with van der Waals surface area (Å²) in [6.45, 7) is 10.3. The van der Waals surface area contributed by atoms with Gasteiger partial charge in [0.2, 0.25) is 0 Å². The van der Waals surface area contributed by atoms with Gasteiger partial charge in [-0.1, -0.05) is 12.8 Å². The van der Waals surface area contributed by atoms with Crippen molar-refractivity contribution >= 4 is 0 Å². The van der Waals surface area contributed by atoms with Crippen LogP contribution in [0, 0.1) is 0 Å². The molecule has 4 nitrogen and oxygen atoms in total. The maximum absolute atomic E-state index is 4.41. The monoisotopic (exact) mass is 292 g/mol. The highest BCUT2D eigenvalue weighted by Crippen LogP contribution is 2.25. The second-order valence-corrected chi connectivity index (χ2v) is 6.80. The van der Waals surface area contributed by atoms with Crippen LogP contribution in [0.1, 0.15) is 52.0 Å². The van der Waals surface area contributed by atoms with E-state index in [0.717, 1.165) is 13.0 Å². The maximum atomic E-state index is 4.41. The smallest absolute Gasteiger partial charge is 0.0522 e. The number of aryl methyl sites for hydroxylation is 1. The van der Waals surface area contributed by atoms with Crippen molar-refractivity contribution in [2.24, 2.45) is 0 Å². The molecule has 0 amide bonds. The van der Waals surface area contributed by atoms with Gasteiger partial charge in [0.05, 0.1) is 6.20 Å². The number of rotatable bonds is 6. The Morgan fingerprint density at radius 1 is 1.24 bits per heavy atom. The van der Waals surface area contributed by atoms with Crippen LogP contribution in [0.2, 0.25) is 0 Å². The van der Waals surface area contributed by atoms with Crippen LogP contribution in [0.5, 0.6) is 0 Å². The number of likely N-dealkylation sites (tertiary alicyclic amines) is 1. The number of nitrogens with one attached hydrogen (secondary N) is 1. The zero-order chi connectivity index (χ0) is 15.3. The fraction of sp³-hybridized carbons (Fsp3) is 0.824. The summed E-state index contributed by atoms with van der Waals surface area (Å²) < 4.78 is 2.01. The van der Waals surface area contributed by atoms with E-state index < -0.39 is 0 Å². The first-order chi connectivity index (χ1) is 10.1. The van der Waals surface area contributed by atoms with Gasteiger partial charge in [-0.05, 0) is 65.7 Å². The third-order valence-electron chi connectivity index (χ3n) is 5.07. The summed E-state index contributed by atoms with van der Waals surface area (Å²) in [5.74, 6) is 0. The van der Waals surface area contributed by atoms with Gasteiger partial charge in [0.15, 0.2) is 0 Å². The summed E-state index contributed by atoms with van der Waals surface area (Å²) >= 11 is 0. The van der Waals surface area contributed by atoms with Gasteiger partial charge in [0.25, 0.3) is 0 Å². The Hall–Kier alpha value is -0.870. The molecule has 21 heavy (non-hydrogen) atoms. The van der Waals surface area contributed by atoms with Crippen LogP contribution in [-0.2, 0) is 13.0 Å². The largest absolute Gasteiger partial charge is 0.315 e. The quantitative estimate of drug-likeness (QED) is 0.875. The molecule has 0 saturated carbocycles. The average Bonchev–Trinajstić information content (AvgIpc) is 2.74. The first-order valence-electron chi connectivity index (χ1n) is 8.51. The summed E-state index contributed by atoms with van der Waals surface area (Å²) in [6.07, 6.45) is 10.7. The fourth-order valence-electron chi connectivity index (χ4n) is 3.49. The van der Waals surface area contributed by atoms with E-state index in [1.54, 1.807) is 0 Å². The van der Waals surface area contributed by atoms with Crippen molar-refractivity contribution in [1.29, 1.82) is 0 Å². The summed E-state index contributed by atoms with van der Waals surface area (Å²) in [4.78, 5) is 2.69. The Labute approximate surface area is 129 Å². The molecule has 1 aromatic heterocycles. The Morgan fingerprint density at radius 3 is 2.43 bits per heavy atom. The Bertz CT molecular complexity index is 416. The van der Waals surface area contributed by atoms with E-state index in [1.165, 1.54) is 44.3 Å². The van der Waals surface area contributed by atoms with Crippen LogP contribution in [-0.4, -0.2) is 46.4 Å². The molecule has 120 valence electrons. The fourth-order valence-corrected chi connectivity index (χ4v) is 3.49. The van der Waals surface area contributed by atoms with Crippen LogP contribution < -0.4 is 5.32 Å². The predicted octanol–water partition coefficient (Wildman–Crippen LogP) is 2.69. The molecular weight excluding hydrogens is 260 g/mol. The lowest BCUT2D eigenvalue weighted by molar-refractivity contribution is 0.0864. The Morgan fingerprint density at radius 2 is 1.90 bits per heavy atom. The first-order valence-corrected chi connectivity index (χ1v) is 8.51. The van der Waals surface area contributed by atoms with Crippen LogP contribution in [0.4, 0.5) is 0 Å². The average molecular weight is 292 g/mol. The molecule has 1 aromatic rings. The van der Waals surface area contributed by atoms with Crippen LogP contribution in [0.15, 0.2) is 12.4 Å². The summed E-state index contributed by atoms with van der Waals surface area (Å²) in [5.41, 5.74) is 1.51. The molecule has 0 aromatic carbocycles. The van der Waals surface area contributed by atoms with Crippen LogP contribution in [0.25, 0.3) is 0 Å². The molecule has 0 bridgehead atoms. The summed E-state index contributed by atoms with van der Waals surface area (Å²) in [6, 6.07) is 0.449. The predicted molar refractivity (Wildman–Crippen MR) is 88.6 cm³/mol. The molecule has 1 aliphatic heterocycles. The van der Waals surface area contributed by atoms with Gasteiger partial charge in [0, 0.05) is 24.3 Å². The van der Waals surface area contributed by atoms with Crippen molar-refractivity contribution in [3.8, 4) is 0 Å². The third kappa shape index (κ3) is 4.07. The van der Waals surface area contributed by atoms with E-state index in [4.69, 9.17) is 0 Å². The SMILES string of the molecule is CCn1cc(CC(NC)C(C)(C)N2CCCCCC2)cn1. The molecule has 2 heterocycles. The molecule has 2 rings (SSSR count). The van der Waals surface area contributed by atoms with E-state index in [9.17, 15) is 0 Å². The van der Waals surface area contributed by atoms with Crippen LogP contribution in [0.3, 0.4) is 0 Å². The molecule has 1 saturated heterocycles. The van der Waals surface area contributed by atoms with E-state index in [0.29, 0.717) is 6.04 Å². The Balaban J connectivity index is 2.06. The van der Waals surface area contributed by atoms with E-state index in [-0.39, 0.29) is 5.54 Å². The van der Waals surface area contributed by atoms with Gasteiger partial charge >= 0.3 is 0 Å². The minimum Gasteiger partial charge on any atom is -0.315 e. The van der Waals surface area contributed by atoms with E-state index >= 15 is 0 Å². The number of likely N-dealkylation sites (N-methyl/N-ethyl adjacent to an activating group) is 1. The number of hydrogen-bond acceptors (Lipinski definition) is 3. The number of nitrogens with zero attached hydrogens (tertiary/aromatic N) is 3. The molecule has 1 N–H and O–H groups in total. The third-order valence-corrected chi connectivity index (χ3v) is 5.07. The molecule has 1 aliphatic rings. The van der Waals surface area contributed by atoms with Crippen molar-refractivity contribution in [3.05, 3.63) is 18.0 Å². The lowest BCUT2D eigenvalue weighted by atomic mass is 9.88. The van der Waals surface area contributed by atoms with Gasteiger partial charge < -0.3 is 5.32 Å². The normalized spacial score (nSPS) is 19.4. The highest BCUT2D eigenvalue weighted by Gasteiger charge is 2.34. The van der Waals surface area contributed by atoms with Crippen molar-refractivity contribution in [3.63, 3.8) is 0 Å². The minimum atomic E-state index is 0.174. The van der Waals surface area contributed by atoms with E-state index in [2.05, 4.69) is 49.3 Å². The standard InChI is InChI=1S/C17H32N4/c1-5-21-14-15(13-19-21)12-16(18-4)17(2,3)20-10-8-6-7-9-11-20/h13-14,16,18H,5-12H2,1-4H3. The minimum absolute atomic E-state index is 0.174. The second-order valence-electron chi connectivity index (χ2n) is 6.80. The maximum Gasteiger partial charge on any atom is 0.0522 e. The molecule has 1 unspecified atom stereocenters. The molecule has 1 fully saturated rings. The number of hydrogen-bond donors (Lipinski definition) is 1. The van der Waals surface area contributed by atoms with Gasteiger partial charge in [-0.2, -0.15) is 5.10 Å². The van der Waals surface area contributed by atoms with Gasteiger partial charge in [-0.3, -0.25) is 9.58 Å². The first kappa shape index (κ1) is 16.5. The number of aromatic nitrogens is 2. The highest BCUT2D eigenvalue weighted by molar-refractivity contribution is 5.10. The van der Waals surface area contributed by atoms with Gasteiger partial charge in [0.1, 0.15) is 0 Å². The summed E-state index contributed by atoms with van der Waals surface area (Å²) in [7, 11) is 2.09. The van der Waals surface area contributed by atoms with Gasteiger partial charge in [-0.15, -0.1) is 0 Å². The molecule has 4 heteroatoms. The molecule has 1 atom stereocenters. The summed E-state index contributed by atoms with van der Waals surface area (Å²) in [5, 5.41) is 7.96. The van der Waals surface area contributed by atoms with E-state index in [1.807, 2.05) is 10.9 Å². The van der Waals surface area contributed by atoms with Gasteiger partial charge in [-0.25, -0.2) is 0 Å². The van der Waals surface area contributed by atoms with Crippen molar-refractivity contribution < 1.29 is 0 Å². The zero-order valence-electron chi connectivity index (χ0n) is 14.2.